The fraction of sp³-hybridized carbons (Fsp3) is 0.462. The van der Waals surface area contributed by atoms with Gasteiger partial charge in [0, 0.05) is 12.8 Å². The van der Waals surface area contributed by atoms with E-state index in [1.165, 1.54) is 30.4 Å². The molecule has 0 atom stereocenters. The Morgan fingerprint density at radius 1 is 1.13 bits per heavy atom. The molecule has 1 aromatic carbocycles. The van der Waals surface area contributed by atoms with E-state index in [9.17, 15) is 4.79 Å². The van der Waals surface area contributed by atoms with Gasteiger partial charge in [0.1, 0.15) is 17.6 Å². The number of rotatable bonds is 2. The van der Waals surface area contributed by atoms with E-state index in [1.807, 2.05) is 6.07 Å². The number of benzene rings is 1. The summed E-state index contributed by atoms with van der Waals surface area (Å²) in [7, 11) is 0. The summed E-state index contributed by atoms with van der Waals surface area (Å²) in [6.07, 6.45) is 4.97. The fourth-order valence-electron chi connectivity index (χ4n) is 2.35. The number of hydrogen-bond donors (Lipinski definition) is 0. The van der Waals surface area contributed by atoms with Crippen molar-refractivity contribution in [3.05, 3.63) is 29.3 Å². The quantitative estimate of drug-likeness (QED) is 0.735. The molecule has 78 valence electrons. The van der Waals surface area contributed by atoms with Crippen LogP contribution in [0.5, 0.6) is 5.75 Å². The van der Waals surface area contributed by atoms with Gasteiger partial charge in [-0.3, -0.25) is 4.79 Å². The molecule has 0 heterocycles. The van der Waals surface area contributed by atoms with E-state index >= 15 is 0 Å². The van der Waals surface area contributed by atoms with Crippen LogP contribution in [0.1, 0.15) is 30.4 Å². The van der Waals surface area contributed by atoms with Crippen molar-refractivity contribution < 1.29 is 9.53 Å². The Bertz CT molecular complexity index is 401. The number of carbonyl (C=O) groups excluding carboxylic acids is 1. The van der Waals surface area contributed by atoms with E-state index in [-0.39, 0.29) is 6.10 Å². The summed E-state index contributed by atoms with van der Waals surface area (Å²) in [4.78, 5) is 10.8. The van der Waals surface area contributed by atoms with Gasteiger partial charge in [-0.15, -0.1) is 0 Å². The zero-order valence-corrected chi connectivity index (χ0v) is 8.66. The van der Waals surface area contributed by atoms with E-state index in [0.29, 0.717) is 18.6 Å². The van der Waals surface area contributed by atoms with Gasteiger partial charge in [-0.1, -0.05) is 6.07 Å². The third-order valence-corrected chi connectivity index (χ3v) is 3.28. The summed E-state index contributed by atoms with van der Waals surface area (Å²) in [5, 5.41) is 0. The van der Waals surface area contributed by atoms with Crippen LogP contribution in [0.2, 0.25) is 0 Å². The molecule has 3 rings (SSSR count). The zero-order chi connectivity index (χ0) is 10.3. The molecule has 1 aromatic rings. The Balaban J connectivity index is 1.73. The van der Waals surface area contributed by atoms with Crippen LogP contribution in [0.15, 0.2) is 18.2 Å². The first kappa shape index (κ1) is 8.96. The molecule has 15 heavy (non-hydrogen) atoms. The van der Waals surface area contributed by atoms with Crippen molar-refractivity contribution in [2.45, 2.75) is 38.2 Å². The van der Waals surface area contributed by atoms with Crippen molar-refractivity contribution in [2.24, 2.45) is 0 Å². The maximum Gasteiger partial charge on any atom is 0.140 e. The molecule has 2 aliphatic rings. The molecule has 0 radical (unpaired) electrons. The Kier molecular flexibility index (Phi) is 2.01. The predicted octanol–water partition coefficient (Wildman–Crippen LogP) is 2.29. The first-order chi connectivity index (χ1) is 7.31. The Morgan fingerprint density at radius 3 is 2.73 bits per heavy atom. The summed E-state index contributed by atoms with van der Waals surface area (Å²) in [6, 6.07) is 6.34. The molecule has 0 spiro atoms. The van der Waals surface area contributed by atoms with Crippen molar-refractivity contribution in [3.8, 4) is 5.75 Å². The maximum absolute atomic E-state index is 10.8. The number of carbonyl (C=O) groups is 1. The third kappa shape index (κ3) is 1.65. The molecular formula is C13H14O2. The first-order valence-corrected chi connectivity index (χ1v) is 5.61. The Hall–Kier alpha value is -1.31. The van der Waals surface area contributed by atoms with E-state index < -0.39 is 0 Å². The molecule has 0 unspecified atom stereocenters. The van der Waals surface area contributed by atoms with Crippen molar-refractivity contribution in [3.63, 3.8) is 0 Å². The highest BCUT2D eigenvalue weighted by atomic mass is 16.5. The maximum atomic E-state index is 10.8. The largest absolute Gasteiger partial charge is 0.490 e. The van der Waals surface area contributed by atoms with Gasteiger partial charge in [-0.2, -0.15) is 0 Å². The lowest BCUT2D eigenvalue weighted by Gasteiger charge is -2.25. The monoisotopic (exact) mass is 202 g/mol. The highest BCUT2D eigenvalue weighted by Gasteiger charge is 2.28. The van der Waals surface area contributed by atoms with E-state index in [0.717, 1.165) is 5.75 Å². The van der Waals surface area contributed by atoms with Crippen LogP contribution >= 0.6 is 0 Å². The van der Waals surface area contributed by atoms with Crippen LogP contribution in [0.25, 0.3) is 0 Å². The zero-order valence-electron chi connectivity index (χ0n) is 8.66. The number of Topliss-reactive ketones (excluding diaryl/α,β-unsaturated/α-hetero) is 1. The van der Waals surface area contributed by atoms with E-state index in [1.54, 1.807) is 0 Å². The van der Waals surface area contributed by atoms with Crippen LogP contribution in [0.4, 0.5) is 0 Å². The van der Waals surface area contributed by atoms with Crippen LogP contribution in [-0.2, 0) is 17.6 Å². The molecule has 1 fully saturated rings. The molecule has 0 bridgehead atoms. The van der Waals surface area contributed by atoms with Gasteiger partial charge >= 0.3 is 0 Å². The van der Waals surface area contributed by atoms with Gasteiger partial charge in [-0.25, -0.2) is 0 Å². The second-order valence-electron chi connectivity index (χ2n) is 4.47. The van der Waals surface area contributed by atoms with Crippen molar-refractivity contribution in [1.29, 1.82) is 0 Å². The lowest BCUT2D eigenvalue weighted by molar-refractivity contribution is -0.129. The Morgan fingerprint density at radius 2 is 1.93 bits per heavy atom. The minimum absolute atomic E-state index is 0.136. The lowest BCUT2D eigenvalue weighted by atomic mass is 9.94. The molecular weight excluding hydrogens is 188 g/mol. The number of ether oxygens (including phenoxy) is 1. The van der Waals surface area contributed by atoms with E-state index in [2.05, 4.69) is 12.1 Å². The minimum atomic E-state index is 0.136. The predicted molar refractivity (Wildman–Crippen MR) is 57.1 cm³/mol. The molecule has 2 aliphatic carbocycles. The van der Waals surface area contributed by atoms with Crippen LogP contribution in [0.3, 0.4) is 0 Å². The van der Waals surface area contributed by atoms with Gasteiger partial charge in [0.15, 0.2) is 0 Å². The molecule has 0 saturated heterocycles. The topological polar surface area (TPSA) is 26.3 Å². The average molecular weight is 202 g/mol. The smallest absolute Gasteiger partial charge is 0.140 e. The second-order valence-corrected chi connectivity index (χ2v) is 4.47. The molecule has 0 aromatic heterocycles. The minimum Gasteiger partial charge on any atom is -0.490 e. The normalized spacial score (nSPS) is 19.9. The molecule has 0 N–H and O–H groups in total. The molecule has 1 saturated carbocycles. The third-order valence-electron chi connectivity index (χ3n) is 3.28. The average Bonchev–Trinajstić information content (AvgIpc) is 2.62. The molecule has 0 aliphatic heterocycles. The van der Waals surface area contributed by atoms with Gasteiger partial charge in [0.25, 0.3) is 0 Å². The van der Waals surface area contributed by atoms with E-state index in [4.69, 9.17) is 4.74 Å². The van der Waals surface area contributed by atoms with Crippen LogP contribution in [-0.4, -0.2) is 11.9 Å². The summed E-state index contributed by atoms with van der Waals surface area (Å²) >= 11 is 0. The highest BCUT2D eigenvalue weighted by molar-refractivity contribution is 5.85. The summed E-state index contributed by atoms with van der Waals surface area (Å²) < 4.78 is 5.73. The number of hydrogen-bond acceptors (Lipinski definition) is 2. The summed E-state index contributed by atoms with van der Waals surface area (Å²) in [6.45, 7) is 0. The highest BCUT2D eigenvalue weighted by Crippen LogP contribution is 2.28. The molecule has 0 amide bonds. The Labute approximate surface area is 89.2 Å². The van der Waals surface area contributed by atoms with Crippen molar-refractivity contribution in [2.75, 3.05) is 0 Å². The van der Waals surface area contributed by atoms with Crippen molar-refractivity contribution in [1.82, 2.24) is 0 Å². The SMILES string of the molecule is O=C1CC(Oc2ccc3c(c2)CCC3)C1. The lowest BCUT2D eigenvalue weighted by Crippen LogP contribution is -2.33. The standard InChI is InChI=1S/C13H14O2/c14-11-7-13(8-11)15-12-5-4-9-2-1-3-10(9)6-12/h4-6,13H,1-3,7-8H2. The van der Waals surface area contributed by atoms with Gasteiger partial charge < -0.3 is 4.74 Å². The summed E-state index contributed by atoms with van der Waals surface area (Å²) in [5.41, 5.74) is 2.89. The van der Waals surface area contributed by atoms with Gasteiger partial charge in [0.2, 0.25) is 0 Å². The first-order valence-electron chi connectivity index (χ1n) is 5.61. The van der Waals surface area contributed by atoms with Crippen LogP contribution < -0.4 is 4.74 Å². The summed E-state index contributed by atoms with van der Waals surface area (Å²) in [5.74, 6) is 1.26. The second kappa shape index (κ2) is 3.37. The number of aryl methyl sites for hydroxylation is 2. The molecule has 2 heteroatoms. The number of ketones is 1. The van der Waals surface area contributed by atoms with Crippen molar-refractivity contribution >= 4 is 5.78 Å². The van der Waals surface area contributed by atoms with Crippen LogP contribution in [0, 0.1) is 0 Å². The van der Waals surface area contributed by atoms with Gasteiger partial charge in [0.05, 0.1) is 0 Å². The fourth-order valence-corrected chi connectivity index (χ4v) is 2.35. The van der Waals surface area contributed by atoms with Gasteiger partial charge in [-0.05, 0) is 42.5 Å². The molecule has 2 nitrogen and oxygen atoms in total. The number of fused-ring (bicyclic) bond motifs is 1.